The van der Waals surface area contributed by atoms with Crippen molar-refractivity contribution in [2.75, 3.05) is 11.5 Å². The molecule has 0 saturated heterocycles. The van der Waals surface area contributed by atoms with E-state index in [1.807, 2.05) is 0 Å². The second-order valence-electron chi connectivity index (χ2n) is 6.52. The second kappa shape index (κ2) is 6.62. The monoisotopic (exact) mass is 228 g/mol. The van der Waals surface area contributed by atoms with Crippen molar-refractivity contribution in [2.45, 2.75) is 54.4 Å². The zero-order valence-electron chi connectivity index (χ0n) is 11.4. The van der Waals surface area contributed by atoms with Crippen molar-refractivity contribution in [3.8, 4) is 0 Å². The van der Waals surface area contributed by atoms with Crippen molar-refractivity contribution in [1.82, 2.24) is 0 Å². The Kier molecular flexibility index (Phi) is 6.66. The van der Waals surface area contributed by atoms with E-state index in [0.717, 1.165) is 0 Å². The zero-order chi connectivity index (χ0) is 11.9. The van der Waals surface area contributed by atoms with Crippen LogP contribution in [0.5, 0.6) is 0 Å². The summed E-state index contributed by atoms with van der Waals surface area (Å²) in [6.45, 7) is 13.7. The summed E-state index contributed by atoms with van der Waals surface area (Å²) in [5.41, 5.74) is 0.824. The lowest BCUT2D eigenvalue weighted by Gasteiger charge is -2.16. The van der Waals surface area contributed by atoms with E-state index in [9.17, 15) is 0 Å². The van der Waals surface area contributed by atoms with Crippen molar-refractivity contribution >= 4 is 11.8 Å². The van der Waals surface area contributed by atoms with E-state index in [2.05, 4.69) is 65.5 Å². The third-order valence-electron chi connectivity index (χ3n) is 1.81. The number of thioether (sulfide) groups is 1. The van der Waals surface area contributed by atoms with Crippen LogP contribution < -0.4 is 0 Å². The van der Waals surface area contributed by atoms with Gasteiger partial charge in [0.25, 0.3) is 0 Å². The van der Waals surface area contributed by atoms with E-state index in [1.54, 1.807) is 0 Å². The van der Waals surface area contributed by atoms with Crippen LogP contribution in [0.15, 0.2) is 12.2 Å². The minimum atomic E-state index is 0.346. The molecule has 0 atom stereocenters. The Labute approximate surface area is 101 Å². The summed E-state index contributed by atoms with van der Waals surface area (Å²) < 4.78 is 0. The molecule has 0 aliphatic heterocycles. The molecule has 0 N–H and O–H groups in total. The molecule has 90 valence electrons. The van der Waals surface area contributed by atoms with Crippen LogP contribution >= 0.6 is 11.8 Å². The van der Waals surface area contributed by atoms with Gasteiger partial charge in [0, 0.05) is 0 Å². The van der Waals surface area contributed by atoms with Gasteiger partial charge in [-0.15, -0.1) is 0 Å². The SMILES string of the molecule is CC(C)(C)/C=C\CCCSCC(C)(C)C. The Balaban J connectivity index is 3.37. The van der Waals surface area contributed by atoms with Crippen LogP contribution in [0.2, 0.25) is 0 Å². The number of unbranched alkanes of at least 4 members (excludes halogenated alkanes) is 1. The van der Waals surface area contributed by atoms with E-state index in [0.29, 0.717) is 10.8 Å². The molecular formula is C14H28S. The fourth-order valence-electron chi connectivity index (χ4n) is 1.12. The molecule has 0 amide bonds. The summed E-state index contributed by atoms with van der Waals surface area (Å²) in [5, 5.41) is 0. The average molecular weight is 228 g/mol. The van der Waals surface area contributed by atoms with Crippen LogP contribution in [0.3, 0.4) is 0 Å². The van der Waals surface area contributed by atoms with Gasteiger partial charge in [-0.25, -0.2) is 0 Å². The predicted molar refractivity (Wildman–Crippen MR) is 74.6 cm³/mol. The second-order valence-corrected chi connectivity index (χ2v) is 7.63. The Morgan fingerprint density at radius 2 is 1.60 bits per heavy atom. The Hall–Kier alpha value is 0.0900. The molecule has 0 fully saturated rings. The maximum Gasteiger partial charge on any atom is -0.00187 e. The standard InChI is InChI=1S/C14H28S/c1-13(2,3)10-8-7-9-11-15-12-14(4,5)6/h8,10H,7,9,11-12H2,1-6H3/b10-8-. The smallest absolute Gasteiger partial charge is 0.00187 e. The molecule has 0 aliphatic rings. The van der Waals surface area contributed by atoms with Gasteiger partial charge in [-0.1, -0.05) is 53.7 Å². The fourth-order valence-corrected chi connectivity index (χ4v) is 2.25. The zero-order valence-corrected chi connectivity index (χ0v) is 12.2. The summed E-state index contributed by atoms with van der Waals surface area (Å²) in [6, 6.07) is 0. The van der Waals surface area contributed by atoms with Crippen LogP contribution in [0.4, 0.5) is 0 Å². The van der Waals surface area contributed by atoms with Gasteiger partial charge < -0.3 is 0 Å². The minimum absolute atomic E-state index is 0.346. The first-order chi connectivity index (χ1) is 6.71. The molecule has 1 heteroatoms. The van der Waals surface area contributed by atoms with Crippen LogP contribution in [-0.4, -0.2) is 11.5 Å². The summed E-state index contributed by atoms with van der Waals surface area (Å²) in [5.74, 6) is 2.57. The molecule has 0 rings (SSSR count). The first kappa shape index (κ1) is 15.1. The molecule has 0 aromatic heterocycles. The van der Waals surface area contributed by atoms with E-state index in [-0.39, 0.29) is 0 Å². The van der Waals surface area contributed by atoms with Gasteiger partial charge in [0.1, 0.15) is 0 Å². The molecule has 0 radical (unpaired) electrons. The highest BCUT2D eigenvalue weighted by atomic mass is 32.2. The van der Waals surface area contributed by atoms with Crippen LogP contribution in [0.25, 0.3) is 0 Å². The highest BCUT2D eigenvalue weighted by molar-refractivity contribution is 7.99. The Bertz CT molecular complexity index is 178. The van der Waals surface area contributed by atoms with Crippen molar-refractivity contribution in [2.24, 2.45) is 10.8 Å². The van der Waals surface area contributed by atoms with Crippen LogP contribution in [0, 0.1) is 10.8 Å². The number of allylic oxidation sites excluding steroid dienone is 2. The molecule has 0 spiro atoms. The Morgan fingerprint density at radius 3 is 2.07 bits per heavy atom. The van der Waals surface area contributed by atoms with Crippen molar-refractivity contribution < 1.29 is 0 Å². The normalized spacial score (nSPS) is 13.7. The minimum Gasteiger partial charge on any atom is -0.161 e. The quantitative estimate of drug-likeness (QED) is 0.463. The summed E-state index contributed by atoms with van der Waals surface area (Å²) in [6.07, 6.45) is 7.20. The molecule has 0 nitrogen and oxygen atoms in total. The highest BCUT2D eigenvalue weighted by Gasteiger charge is 2.08. The lowest BCUT2D eigenvalue weighted by atomic mass is 9.96. The van der Waals surface area contributed by atoms with E-state index < -0.39 is 0 Å². The van der Waals surface area contributed by atoms with Gasteiger partial charge >= 0.3 is 0 Å². The molecule has 0 saturated carbocycles. The topological polar surface area (TPSA) is 0 Å². The fraction of sp³-hybridized carbons (Fsp3) is 0.857. The third kappa shape index (κ3) is 14.1. The van der Waals surface area contributed by atoms with E-state index in [1.165, 1.54) is 24.3 Å². The maximum atomic E-state index is 2.33. The van der Waals surface area contributed by atoms with E-state index in [4.69, 9.17) is 0 Å². The van der Waals surface area contributed by atoms with Crippen LogP contribution in [0.1, 0.15) is 54.4 Å². The van der Waals surface area contributed by atoms with Gasteiger partial charge in [-0.2, -0.15) is 11.8 Å². The lowest BCUT2D eigenvalue weighted by molar-refractivity contribution is 0.480. The van der Waals surface area contributed by atoms with Crippen LogP contribution in [-0.2, 0) is 0 Å². The predicted octanol–water partition coefficient (Wildman–Crippen LogP) is 5.15. The van der Waals surface area contributed by atoms with Gasteiger partial charge in [0.15, 0.2) is 0 Å². The highest BCUT2D eigenvalue weighted by Crippen LogP contribution is 2.21. The molecule has 0 heterocycles. The molecule has 15 heavy (non-hydrogen) atoms. The van der Waals surface area contributed by atoms with Gasteiger partial charge in [0.2, 0.25) is 0 Å². The van der Waals surface area contributed by atoms with Gasteiger partial charge in [0.05, 0.1) is 0 Å². The number of rotatable bonds is 5. The lowest BCUT2D eigenvalue weighted by Crippen LogP contribution is -2.08. The third-order valence-corrected chi connectivity index (χ3v) is 3.46. The summed E-state index contributed by atoms with van der Waals surface area (Å²) >= 11 is 2.08. The van der Waals surface area contributed by atoms with Crippen molar-refractivity contribution in [3.05, 3.63) is 12.2 Å². The van der Waals surface area contributed by atoms with E-state index >= 15 is 0 Å². The molecule has 0 unspecified atom stereocenters. The first-order valence-corrected chi connectivity index (χ1v) is 7.12. The number of hydrogen-bond acceptors (Lipinski definition) is 1. The molecule has 0 bridgehead atoms. The Morgan fingerprint density at radius 1 is 1.00 bits per heavy atom. The van der Waals surface area contributed by atoms with Crippen molar-refractivity contribution in [1.29, 1.82) is 0 Å². The molecule has 0 aliphatic carbocycles. The van der Waals surface area contributed by atoms with Gasteiger partial charge in [-0.3, -0.25) is 0 Å². The molecule has 0 aromatic carbocycles. The molecule has 0 aromatic rings. The summed E-state index contributed by atoms with van der Waals surface area (Å²) in [4.78, 5) is 0. The largest absolute Gasteiger partial charge is 0.161 e. The average Bonchev–Trinajstić information content (AvgIpc) is 1.98. The number of hydrogen-bond donors (Lipinski definition) is 0. The van der Waals surface area contributed by atoms with Crippen molar-refractivity contribution in [3.63, 3.8) is 0 Å². The van der Waals surface area contributed by atoms with Gasteiger partial charge in [-0.05, 0) is 35.2 Å². The molecular weight excluding hydrogens is 200 g/mol. The first-order valence-electron chi connectivity index (χ1n) is 5.96. The maximum absolute atomic E-state index is 2.33. The summed E-state index contributed by atoms with van der Waals surface area (Å²) in [7, 11) is 0.